The molecule has 3 nitrogen and oxygen atoms in total. The summed E-state index contributed by atoms with van der Waals surface area (Å²) in [5.74, 6) is 0. The molecule has 0 radical (unpaired) electrons. The van der Waals surface area contributed by atoms with E-state index in [-0.39, 0.29) is 6.04 Å². The molecule has 1 aromatic carbocycles. The van der Waals surface area contributed by atoms with Gasteiger partial charge in [0.15, 0.2) is 0 Å². The molecule has 0 amide bonds. The minimum atomic E-state index is 0.112. The molecule has 3 rings (SSSR count). The number of para-hydroxylation sites is 1. The van der Waals surface area contributed by atoms with E-state index in [4.69, 9.17) is 4.42 Å². The summed E-state index contributed by atoms with van der Waals surface area (Å²) >= 11 is 0. The first kappa shape index (κ1) is 13.8. The molecule has 0 aliphatic rings. The highest BCUT2D eigenvalue weighted by Crippen LogP contribution is 2.30. The molecule has 2 heterocycles. The SMILES string of the molecule is CCCNC(c1cncc(C)c1)c1coc2ccccc12. The third kappa shape index (κ3) is 2.83. The van der Waals surface area contributed by atoms with E-state index in [0.29, 0.717) is 0 Å². The van der Waals surface area contributed by atoms with E-state index >= 15 is 0 Å². The van der Waals surface area contributed by atoms with E-state index in [1.54, 1.807) is 0 Å². The Hall–Kier alpha value is -2.13. The first-order valence-electron chi connectivity index (χ1n) is 7.40. The number of aryl methyl sites for hydroxylation is 1. The molecule has 0 saturated carbocycles. The quantitative estimate of drug-likeness (QED) is 0.760. The Morgan fingerprint density at radius 3 is 2.90 bits per heavy atom. The fraction of sp³-hybridized carbons (Fsp3) is 0.278. The molecule has 1 atom stereocenters. The van der Waals surface area contributed by atoms with Gasteiger partial charge in [-0.3, -0.25) is 4.98 Å². The maximum atomic E-state index is 5.70. The fourth-order valence-electron chi connectivity index (χ4n) is 2.65. The van der Waals surface area contributed by atoms with E-state index < -0.39 is 0 Å². The number of fused-ring (bicyclic) bond motifs is 1. The van der Waals surface area contributed by atoms with E-state index in [0.717, 1.165) is 23.9 Å². The molecule has 21 heavy (non-hydrogen) atoms. The Labute approximate surface area is 125 Å². The number of pyridine rings is 1. The van der Waals surface area contributed by atoms with Crippen molar-refractivity contribution >= 4 is 11.0 Å². The number of rotatable bonds is 5. The molecule has 1 unspecified atom stereocenters. The van der Waals surface area contributed by atoms with Crippen molar-refractivity contribution < 1.29 is 4.42 Å². The summed E-state index contributed by atoms with van der Waals surface area (Å²) in [6.45, 7) is 5.20. The van der Waals surface area contributed by atoms with Gasteiger partial charge in [0.05, 0.1) is 12.3 Å². The Morgan fingerprint density at radius 1 is 1.24 bits per heavy atom. The van der Waals surface area contributed by atoms with Gasteiger partial charge < -0.3 is 9.73 Å². The molecule has 0 aliphatic carbocycles. The number of nitrogens with zero attached hydrogens (tertiary/aromatic N) is 1. The summed E-state index contributed by atoms with van der Waals surface area (Å²) in [6.07, 6.45) is 6.77. The molecule has 0 fully saturated rings. The van der Waals surface area contributed by atoms with Crippen LogP contribution in [0.25, 0.3) is 11.0 Å². The molecule has 108 valence electrons. The lowest BCUT2D eigenvalue weighted by atomic mass is 9.98. The van der Waals surface area contributed by atoms with E-state index in [2.05, 4.69) is 36.3 Å². The standard InChI is InChI=1S/C18H20N2O/c1-3-8-20-18(14-9-13(2)10-19-11-14)16-12-21-17-7-5-4-6-15(16)17/h4-7,9-12,18,20H,3,8H2,1-2H3. The molecule has 3 aromatic rings. The summed E-state index contributed by atoms with van der Waals surface area (Å²) in [6, 6.07) is 10.5. The van der Waals surface area contributed by atoms with Crippen LogP contribution in [0.4, 0.5) is 0 Å². The third-order valence-electron chi connectivity index (χ3n) is 3.65. The summed E-state index contributed by atoms with van der Waals surface area (Å²) in [4.78, 5) is 4.33. The van der Waals surface area contributed by atoms with Crippen molar-refractivity contribution in [2.24, 2.45) is 0 Å². The van der Waals surface area contributed by atoms with Gasteiger partial charge in [-0.05, 0) is 37.1 Å². The Kier molecular flexibility index (Phi) is 4.02. The smallest absolute Gasteiger partial charge is 0.134 e. The van der Waals surface area contributed by atoms with Crippen molar-refractivity contribution in [3.05, 3.63) is 65.7 Å². The van der Waals surface area contributed by atoms with Gasteiger partial charge in [-0.1, -0.05) is 31.2 Å². The van der Waals surface area contributed by atoms with Crippen LogP contribution in [0.5, 0.6) is 0 Å². The number of nitrogens with one attached hydrogen (secondary N) is 1. The van der Waals surface area contributed by atoms with Gasteiger partial charge in [0, 0.05) is 23.3 Å². The average molecular weight is 280 g/mol. The van der Waals surface area contributed by atoms with Crippen LogP contribution in [0.3, 0.4) is 0 Å². The highest BCUT2D eigenvalue weighted by molar-refractivity contribution is 5.81. The first-order chi connectivity index (χ1) is 10.3. The zero-order chi connectivity index (χ0) is 14.7. The summed E-state index contributed by atoms with van der Waals surface area (Å²) in [5, 5.41) is 4.77. The topological polar surface area (TPSA) is 38.1 Å². The highest BCUT2D eigenvalue weighted by atomic mass is 16.3. The monoisotopic (exact) mass is 280 g/mol. The molecule has 0 spiro atoms. The van der Waals surface area contributed by atoms with Crippen LogP contribution in [-0.4, -0.2) is 11.5 Å². The average Bonchev–Trinajstić information content (AvgIpc) is 2.92. The highest BCUT2D eigenvalue weighted by Gasteiger charge is 2.18. The number of benzene rings is 1. The van der Waals surface area contributed by atoms with Crippen molar-refractivity contribution in [1.29, 1.82) is 0 Å². The molecule has 2 aromatic heterocycles. The second kappa shape index (κ2) is 6.10. The Balaban J connectivity index is 2.06. The molecule has 3 heteroatoms. The summed E-state index contributed by atoms with van der Waals surface area (Å²) in [5.41, 5.74) is 4.45. The van der Waals surface area contributed by atoms with Crippen LogP contribution in [0.2, 0.25) is 0 Å². The minimum Gasteiger partial charge on any atom is -0.464 e. The van der Waals surface area contributed by atoms with Crippen molar-refractivity contribution in [3.63, 3.8) is 0 Å². The van der Waals surface area contributed by atoms with Crippen molar-refractivity contribution in [2.45, 2.75) is 26.3 Å². The predicted molar refractivity (Wildman–Crippen MR) is 85.3 cm³/mol. The van der Waals surface area contributed by atoms with Gasteiger partial charge in [0.25, 0.3) is 0 Å². The minimum absolute atomic E-state index is 0.112. The van der Waals surface area contributed by atoms with Crippen molar-refractivity contribution in [2.75, 3.05) is 6.54 Å². The maximum Gasteiger partial charge on any atom is 0.134 e. The largest absolute Gasteiger partial charge is 0.464 e. The zero-order valence-electron chi connectivity index (χ0n) is 12.5. The van der Waals surface area contributed by atoms with Gasteiger partial charge in [0.2, 0.25) is 0 Å². The summed E-state index contributed by atoms with van der Waals surface area (Å²) in [7, 11) is 0. The normalized spacial score (nSPS) is 12.7. The van der Waals surface area contributed by atoms with Gasteiger partial charge in [-0.2, -0.15) is 0 Å². The molecular formula is C18H20N2O. The van der Waals surface area contributed by atoms with Crippen LogP contribution in [-0.2, 0) is 0 Å². The van der Waals surface area contributed by atoms with Gasteiger partial charge in [-0.15, -0.1) is 0 Å². The Morgan fingerprint density at radius 2 is 2.10 bits per heavy atom. The molecular weight excluding hydrogens is 260 g/mol. The van der Waals surface area contributed by atoms with Crippen LogP contribution < -0.4 is 5.32 Å². The lowest BCUT2D eigenvalue weighted by Crippen LogP contribution is -2.23. The summed E-state index contributed by atoms with van der Waals surface area (Å²) < 4.78 is 5.70. The number of hydrogen-bond donors (Lipinski definition) is 1. The lowest BCUT2D eigenvalue weighted by molar-refractivity contribution is 0.571. The molecule has 0 saturated heterocycles. The zero-order valence-corrected chi connectivity index (χ0v) is 12.5. The Bertz CT molecular complexity index is 733. The predicted octanol–water partition coefficient (Wildman–Crippen LogP) is 4.23. The number of aromatic nitrogens is 1. The van der Waals surface area contributed by atoms with Crippen molar-refractivity contribution in [1.82, 2.24) is 10.3 Å². The molecule has 0 aliphatic heterocycles. The second-order valence-electron chi connectivity index (χ2n) is 5.37. The van der Waals surface area contributed by atoms with Crippen molar-refractivity contribution in [3.8, 4) is 0 Å². The van der Waals surface area contributed by atoms with Gasteiger partial charge >= 0.3 is 0 Å². The third-order valence-corrected chi connectivity index (χ3v) is 3.65. The first-order valence-corrected chi connectivity index (χ1v) is 7.40. The maximum absolute atomic E-state index is 5.70. The van der Waals surface area contributed by atoms with E-state index in [1.165, 1.54) is 16.7 Å². The fourth-order valence-corrected chi connectivity index (χ4v) is 2.65. The van der Waals surface area contributed by atoms with Gasteiger partial charge in [-0.25, -0.2) is 0 Å². The second-order valence-corrected chi connectivity index (χ2v) is 5.37. The molecule has 1 N–H and O–H groups in total. The lowest BCUT2D eigenvalue weighted by Gasteiger charge is -2.18. The molecule has 0 bridgehead atoms. The van der Waals surface area contributed by atoms with Crippen LogP contribution in [0.1, 0.15) is 36.1 Å². The van der Waals surface area contributed by atoms with Crippen LogP contribution in [0.15, 0.2) is 53.4 Å². The number of hydrogen-bond acceptors (Lipinski definition) is 3. The van der Waals surface area contributed by atoms with Crippen LogP contribution in [0, 0.1) is 6.92 Å². The van der Waals surface area contributed by atoms with Crippen LogP contribution >= 0.6 is 0 Å². The van der Waals surface area contributed by atoms with E-state index in [1.807, 2.05) is 36.9 Å². The van der Waals surface area contributed by atoms with Gasteiger partial charge in [0.1, 0.15) is 5.58 Å². The number of furan rings is 1. The van der Waals surface area contributed by atoms with E-state index in [9.17, 15) is 0 Å².